The lowest BCUT2D eigenvalue weighted by molar-refractivity contribution is 0.0713. The standard InChI is InChI=1S/C13H15BrFNO2/c1-3-7-16(8-9-18-2)13(17)10-5-4-6-11(14)12(10)15/h3-6H,1,7-9H2,2H3. The Morgan fingerprint density at radius 1 is 1.61 bits per heavy atom. The van der Waals surface area contributed by atoms with E-state index in [1.807, 2.05) is 0 Å². The van der Waals surface area contributed by atoms with Crippen molar-refractivity contribution in [3.05, 3.63) is 46.7 Å². The van der Waals surface area contributed by atoms with E-state index in [-0.39, 0.29) is 15.9 Å². The van der Waals surface area contributed by atoms with Crippen molar-refractivity contribution >= 4 is 21.8 Å². The summed E-state index contributed by atoms with van der Waals surface area (Å²) in [5, 5.41) is 0. The summed E-state index contributed by atoms with van der Waals surface area (Å²) in [7, 11) is 1.55. The zero-order chi connectivity index (χ0) is 13.5. The predicted molar refractivity (Wildman–Crippen MR) is 72.1 cm³/mol. The summed E-state index contributed by atoms with van der Waals surface area (Å²) < 4.78 is 19.0. The highest BCUT2D eigenvalue weighted by Crippen LogP contribution is 2.19. The van der Waals surface area contributed by atoms with Gasteiger partial charge in [-0.25, -0.2) is 4.39 Å². The maximum atomic E-state index is 13.8. The summed E-state index contributed by atoms with van der Waals surface area (Å²) in [6.45, 7) is 4.74. The molecule has 1 aromatic carbocycles. The molecule has 0 saturated carbocycles. The molecule has 1 amide bonds. The van der Waals surface area contributed by atoms with Crippen molar-refractivity contribution in [1.82, 2.24) is 4.90 Å². The summed E-state index contributed by atoms with van der Waals surface area (Å²) in [6.07, 6.45) is 1.60. The molecule has 0 aliphatic carbocycles. The van der Waals surface area contributed by atoms with Crippen molar-refractivity contribution in [2.45, 2.75) is 0 Å². The molecule has 98 valence electrons. The smallest absolute Gasteiger partial charge is 0.257 e. The average Bonchev–Trinajstić information content (AvgIpc) is 2.37. The van der Waals surface area contributed by atoms with Gasteiger partial charge in [0.1, 0.15) is 5.82 Å². The fourth-order valence-electron chi connectivity index (χ4n) is 1.47. The van der Waals surface area contributed by atoms with Crippen LogP contribution in [0, 0.1) is 5.82 Å². The van der Waals surface area contributed by atoms with Crippen LogP contribution in [0.3, 0.4) is 0 Å². The van der Waals surface area contributed by atoms with Gasteiger partial charge in [0.2, 0.25) is 0 Å². The Hall–Kier alpha value is -1.20. The number of hydrogen-bond donors (Lipinski definition) is 0. The highest BCUT2D eigenvalue weighted by Gasteiger charge is 2.19. The molecule has 18 heavy (non-hydrogen) atoms. The fourth-order valence-corrected chi connectivity index (χ4v) is 1.84. The van der Waals surface area contributed by atoms with Gasteiger partial charge >= 0.3 is 0 Å². The first-order valence-electron chi connectivity index (χ1n) is 5.45. The molecule has 3 nitrogen and oxygen atoms in total. The first kappa shape index (κ1) is 14.9. The number of carbonyl (C=O) groups excluding carboxylic acids is 1. The van der Waals surface area contributed by atoms with E-state index in [2.05, 4.69) is 22.5 Å². The van der Waals surface area contributed by atoms with Crippen LogP contribution < -0.4 is 0 Å². The largest absolute Gasteiger partial charge is 0.383 e. The molecule has 0 N–H and O–H groups in total. The Bertz CT molecular complexity index is 437. The lowest BCUT2D eigenvalue weighted by Crippen LogP contribution is -2.34. The van der Waals surface area contributed by atoms with Crippen molar-refractivity contribution in [2.24, 2.45) is 0 Å². The quantitative estimate of drug-likeness (QED) is 0.755. The molecule has 1 rings (SSSR count). The third-order valence-corrected chi connectivity index (χ3v) is 3.00. The summed E-state index contributed by atoms with van der Waals surface area (Å²) in [6, 6.07) is 4.65. The highest BCUT2D eigenvalue weighted by atomic mass is 79.9. The van der Waals surface area contributed by atoms with E-state index in [9.17, 15) is 9.18 Å². The normalized spacial score (nSPS) is 10.2. The van der Waals surface area contributed by atoms with Crippen molar-refractivity contribution in [2.75, 3.05) is 26.8 Å². The molecule has 0 radical (unpaired) electrons. The first-order chi connectivity index (χ1) is 8.61. The molecule has 0 bridgehead atoms. The van der Waals surface area contributed by atoms with E-state index in [1.165, 1.54) is 11.0 Å². The lowest BCUT2D eigenvalue weighted by atomic mass is 10.2. The minimum Gasteiger partial charge on any atom is -0.383 e. The first-order valence-corrected chi connectivity index (χ1v) is 6.24. The summed E-state index contributed by atoms with van der Waals surface area (Å²) in [5.41, 5.74) is 0.0438. The van der Waals surface area contributed by atoms with Gasteiger partial charge in [0.05, 0.1) is 16.6 Å². The van der Waals surface area contributed by atoms with E-state index in [4.69, 9.17) is 4.74 Å². The molecule has 1 aromatic rings. The second-order valence-electron chi connectivity index (χ2n) is 3.63. The number of amides is 1. The van der Waals surface area contributed by atoms with Gasteiger partial charge in [0, 0.05) is 20.2 Å². The molecular formula is C13H15BrFNO2. The third kappa shape index (κ3) is 3.65. The van der Waals surface area contributed by atoms with Gasteiger partial charge in [-0.3, -0.25) is 4.79 Å². The third-order valence-electron chi connectivity index (χ3n) is 2.38. The molecule has 0 saturated heterocycles. The van der Waals surface area contributed by atoms with Crippen LogP contribution in [0.25, 0.3) is 0 Å². The van der Waals surface area contributed by atoms with Crippen molar-refractivity contribution in [3.8, 4) is 0 Å². The topological polar surface area (TPSA) is 29.5 Å². The maximum Gasteiger partial charge on any atom is 0.257 e. The fraction of sp³-hybridized carbons (Fsp3) is 0.308. The number of methoxy groups -OCH3 is 1. The molecule has 0 fully saturated rings. The molecule has 5 heteroatoms. The molecule has 0 aromatic heterocycles. The second kappa shape index (κ2) is 7.28. The number of halogens is 2. The minimum absolute atomic E-state index is 0.0438. The molecule has 0 unspecified atom stereocenters. The minimum atomic E-state index is -0.547. The second-order valence-corrected chi connectivity index (χ2v) is 4.49. The van der Waals surface area contributed by atoms with Crippen molar-refractivity contribution in [3.63, 3.8) is 0 Å². The zero-order valence-electron chi connectivity index (χ0n) is 10.2. The van der Waals surface area contributed by atoms with Crippen molar-refractivity contribution < 1.29 is 13.9 Å². The van der Waals surface area contributed by atoms with Crippen LogP contribution in [0.1, 0.15) is 10.4 Å². The Kier molecular flexibility index (Phi) is 6.01. The van der Waals surface area contributed by atoms with E-state index in [0.29, 0.717) is 19.7 Å². The Morgan fingerprint density at radius 2 is 2.33 bits per heavy atom. The number of rotatable bonds is 6. The highest BCUT2D eigenvalue weighted by molar-refractivity contribution is 9.10. The number of benzene rings is 1. The van der Waals surface area contributed by atoms with Gasteiger partial charge in [-0.15, -0.1) is 6.58 Å². The molecule has 0 aliphatic rings. The number of ether oxygens (including phenoxy) is 1. The van der Waals surface area contributed by atoms with Crippen LogP contribution in [0.15, 0.2) is 35.3 Å². The SMILES string of the molecule is C=CCN(CCOC)C(=O)c1cccc(Br)c1F. The Labute approximate surface area is 114 Å². The summed E-state index contributed by atoms with van der Waals surface area (Å²) >= 11 is 3.06. The average molecular weight is 316 g/mol. The van der Waals surface area contributed by atoms with E-state index in [0.717, 1.165) is 0 Å². The van der Waals surface area contributed by atoms with E-state index >= 15 is 0 Å². The summed E-state index contributed by atoms with van der Waals surface area (Å²) in [5.74, 6) is -0.917. The predicted octanol–water partition coefficient (Wildman–Crippen LogP) is 2.86. The lowest BCUT2D eigenvalue weighted by Gasteiger charge is -2.21. The molecule has 0 spiro atoms. The van der Waals surface area contributed by atoms with Crippen molar-refractivity contribution in [1.29, 1.82) is 0 Å². The zero-order valence-corrected chi connectivity index (χ0v) is 11.7. The molecule has 0 aliphatic heterocycles. The molecular weight excluding hydrogens is 301 g/mol. The van der Waals surface area contributed by atoms with Gasteiger partial charge in [-0.2, -0.15) is 0 Å². The van der Waals surface area contributed by atoms with Crippen LogP contribution in [0.5, 0.6) is 0 Å². The number of hydrogen-bond acceptors (Lipinski definition) is 2. The van der Waals surface area contributed by atoms with Gasteiger partial charge in [0.25, 0.3) is 5.91 Å². The summed E-state index contributed by atoms with van der Waals surface area (Å²) in [4.78, 5) is 13.7. The van der Waals surface area contributed by atoms with E-state index < -0.39 is 5.82 Å². The maximum absolute atomic E-state index is 13.8. The Morgan fingerprint density at radius 3 is 2.94 bits per heavy atom. The van der Waals surface area contributed by atoms with Crippen LogP contribution in [0.2, 0.25) is 0 Å². The Balaban J connectivity index is 2.94. The van der Waals surface area contributed by atoms with E-state index in [1.54, 1.807) is 25.3 Å². The molecule has 0 heterocycles. The monoisotopic (exact) mass is 315 g/mol. The van der Waals surface area contributed by atoms with Crippen LogP contribution >= 0.6 is 15.9 Å². The van der Waals surface area contributed by atoms with Gasteiger partial charge in [-0.05, 0) is 28.1 Å². The van der Waals surface area contributed by atoms with Gasteiger partial charge in [0.15, 0.2) is 0 Å². The van der Waals surface area contributed by atoms with Gasteiger partial charge in [-0.1, -0.05) is 12.1 Å². The number of nitrogens with zero attached hydrogens (tertiary/aromatic N) is 1. The van der Waals surface area contributed by atoms with Crippen LogP contribution in [0.4, 0.5) is 4.39 Å². The number of carbonyl (C=O) groups is 1. The van der Waals surface area contributed by atoms with Crippen LogP contribution in [-0.4, -0.2) is 37.6 Å². The molecule has 0 atom stereocenters. The van der Waals surface area contributed by atoms with Gasteiger partial charge < -0.3 is 9.64 Å². The van der Waals surface area contributed by atoms with Crippen LogP contribution in [-0.2, 0) is 4.74 Å².